The molecule has 0 N–H and O–H groups in total. The van der Waals surface area contributed by atoms with E-state index in [4.69, 9.17) is 4.74 Å². The van der Waals surface area contributed by atoms with Crippen molar-refractivity contribution in [2.45, 2.75) is 51.0 Å². The van der Waals surface area contributed by atoms with Crippen LogP contribution in [0.2, 0.25) is 0 Å². The maximum Gasteiger partial charge on any atom is 0.254 e. The summed E-state index contributed by atoms with van der Waals surface area (Å²) in [6.07, 6.45) is 6.28. The van der Waals surface area contributed by atoms with E-state index < -0.39 is 0 Å². The van der Waals surface area contributed by atoms with Crippen molar-refractivity contribution < 1.29 is 9.53 Å². The molecule has 3 aromatic carbocycles. The van der Waals surface area contributed by atoms with E-state index in [0.717, 1.165) is 68.6 Å². The molecule has 0 aromatic heterocycles. The number of benzene rings is 3. The number of fused-ring (bicyclic) bond motifs is 2. The lowest BCUT2D eigenvalue weighted by Gasteiger charge is -2.54. The number of amides is 1. The van der Waals surface area contributed by atoms with Crippen molar-refractivity contribution in [3.05, 3.63) is 90.5 Å². The topological polar surface area (TPSA) is 32.8 Å². The maximum absolute atomic E-state index is 14.1. The van der Waals surface area contributed by atoms with Gasteiger partial charge in [-0.05, 0) is 84.7 Å². The van der Waals surface area contributed by atoms with Crippen molar-refractivity contribution >= 4 is 16.7 Å². The van der Waals surface area contributed by atoms with Crippen LogP contribution in [0.15, 0.2) is 79.4 Å². The number of piperidine rings is 1. The minimum absolute atomic E-state index is 0.0357. The third-order valence-corrected chi connectivity index (χ3v) is 8.87. The van der Waals surface area contributed by atoms with E-state index in [9.17, 15) is 4.79 Å². The van der Waals surface area contributed by atoms with Crippen LogP contribution in [-0.2, 0) is 5.41 Å². The van der Waals surface area contributed by atoms with Crippen molar-refractivity contribution in [1.82, 2.24) is 9.80 Å². The molecule has 0 spiro atoms. The average Bonchev–Trinajstić information content (AvgIpc) is 2.95. The molecule has 4 heteroatoms. The van der Waals surface area contributed by atoms with E-state index in [-0.39, 0.29) is 17.4 Å². The van der Waals surface area contributed by atoms with Crippen molar-refractivity contribution in [2.24, 2.45) is 11.8 Å². The zero-order chi connectivity index (χ0) is 26.7. The molecule has 3 aromatic rings. The predicted octanol–water partition coefficient (Wildman–Crippen LogP) is 6.95. The van der Waals surface area contributed by atoms with Crippen LogP contribution in [0.1, 0.15) is 55.5 Å². The Morgan fingerprint density at radius 1 is 1.11 bits per heavy atom. The minimum Gasteiger partial charge on any atom is -0.497 e. The molecule has 3 atom stereocenters. The van der Waals surface area contributed by atoms with Gasteiger partial charge in [-0.3, -0.25) is 9.69 Å². The fourth-order valence-corrected chi connectivity index (χ4v) is 7.02. The predicted molar refractivity (Wildman–Crippen MR) is 157 cm³/mol. The summed E-state index contributed by atoms with van der Waals surface area (Å²) < 4.78 is 5.65. The van der Waals surface area contributed by atoms with E-state index in [1.165, 1.54) is 10.9 Å². The summed E-state index contributed by atoms with van der Waals surface area (Å²) in [5.41, 5.74) is 2.20. The summed E-state index contributed by atoms with van der Waals surface area (Å²) in [7, 11) is 1.75. The van der Waals surface area contributed by atoms with Crippen molar-refractivity contribution in [3.63, 3.8) is 0 Å². The Labute approximate surface area is 228 Å². The van der Waals surface area contributed by atoms with Gasteiger partial charge in [0.2, 0.25) is 0 Å². The van der Waals surface area contributed by atoms with Gasteiger partial charge in [0.05, 0.1) is 7.11 Å². The highest BCUT2D eigenvalue weighted by atomic mass is 16.5. The van der Waals surface area contributed by atoms with Crippen LogP contribution >= 0.6 is 0 Å². The van der Waals surface area contributed by atoms with E-state index >= 15 is 0 Å². The van der Waals surface area contributed by atoms with Gasteiger partial charge in [-0.25, -0.2) is 0 Å². The largest absolute Gasteiger partial charge is 0.497 e. The minimum atomic E-state index is 0.0357. The lowest BCUT2D eigenvalue weighted by atomic mass is 9.57. The molecule has 2 fully saturated rings. The molecule has 1 saturated heterocycles. The maximum atomic E-state index is 14.1. The summed E-state index contributed by atoms with van der Waals surface area (Å²) in [6, 6.07) is 23.4. The number of carbonyl (C=O) groups excluding carboxylic acids is 1. The first-order valence-electron chi connectivity index (χ1n) is 14.2. The Morgan fingerprint density at radius 3 is 2.68 bits per heavy atom. The van der Waals surface area contributed by atoms with Gasteiger partial charge in [-0.2, -0.15) is 0 Å². The smallest absolute Gasteiger partial charge is 0.254 e. The van der Waals surface area contributed by atoms with Crippen molar-refractivity contribution in [2.75, 3.05) is 33.3 Å². The first kappa shape index (κ1) is 26.5. The molecule has 2 aliphatic rings. The number of carbonyl (C=O) groups is 1. The lowest BCUT2D eigenvalue weighted by molar-refractivity contribution is 0.0138. The Morgan fingerprint density at radius 2 is 1.92 bits per heavy atom. The lowest BCUT2D eigenvalue weighted by Crippen LogP contribution is -2.57. The number of nitrogens with zero attached hydrogens (tertiary/aromatic N) is 2. The van der Waals surface area contributed by atoms with Crippen LogP contribution in [0.4, 0.5) is 0 Å². The number of likely N-dealkylation sites (tertiary alicyclic amines) is 1. The number of ether oxygens (including phenoxy) is 1. The van der Waals surface area contributed by atoms with Crippen LogP contribution < -0.4 is 4.74 Å². The van der Waals surface area contributed by atoms with E-state index in [0.29, 0.717) is 11.8 Å². The molecule has 1 aliphatic carbocycles. The second kappa shape index (κ2) is 11.3. The van der Waals surface area contributed by atoms with Gasteiger partial charge < -0.3 is 9.64 Å². The van der Waals surface area contributed by atoms with Gasteiger partial charge in [0, 0.05) is 36.7 Å². The Balaban J connectivity index is 1.49. The van der Waals surface area contributed by atoms with Crippen LogP contribution in [0.5, 0.6) is 5.75 Å². The van der Waals surface area contributed by atoms with Gasteiger partial charge in [0.1, 0.15) is 5.75 Å². The number of hydrogen-bond donors (Lipinski definition) is 0. The fraction of sp³-hybridized carbons (Fsp3) is 0.441. The summed E-state index contributed by atoms with van der Waals surface area (Å²) in [4.78, 5) is 18.9. The highest BCUT2D eigenvalue weighted by molar-refractivity contribution is 5.98. The van der Waals surface area contributed by atoms with Crippen LogP contribution in [0.25, 0.3) is 10.8 Å². The van der Waals surface area contributed by atoms with Crippen molar-refractivity contribution in [1.29, 1.82) is 0 Å². The molecule has 1 heterocycles. The van der Waals surface area contributed by atoms with Crippen LogP contribution in [-0.4, -0.2) is 55.0 Å². The molecular weight excluding hydrogens is 468 g/mol. The molecular formula is C34H42N2O2. The summed E-state index contributed by atoms with van der Waals surface area (Å²) in [5, 5.41) is 2.29. The number of hydrogen-bond acceptors (Lipinski definition) is 3. The molecule has 0 radical (unpaired) electrons. The molecule has 200 valence electrons. The monoisotopic (exact) mass is 510 g/mol. The van der Waals surface area contributed by atoms with Gasteiger partial charge in [-0.15, -0.1) is 6.58 Å². The second-order valence-electron chi connectivity index (χ2n) is 11.7. The Bertz CT molecular complexity index is 1280. The van der Waals surface area contributed by atoms with Gasteiger partial charge >= 0.3 is 0 Å². The van der Waals surface area contributed by atoms with Crippen molar-refractivity contribution in [3.8, 4) is 5.75 Å². The van der Waals surface area contributed by atoms with Crippen LogP contribution in [0, 0.1) is 11.8 Å². The average molecular weight is 511 g/mol. The van der Waals surface area contributed by atoms with Gasteiger partial charge in [0.25, 0.3) is 5.91 Å². The number of rotatable bonds is 8. The third-order valence-electron chi connectivity index (χ3n) is 8.87. The molecule has 38 heavy (non-hydrogen) atoms. The normalized spacial score (nSPS) is 23.7. The Hall–Kier alpha value is -3.11. The molecule has 0 bridgehead atoms. The summed E-state index contributed by atoms with van der Waals surface area (Å²) in [6.45, 7) is 12.3. The zero-order valence-electron chi connectivity index (χ0n) is 23.2. The van der Waals surface area contributed by atoms with E-state index in [2.05, 4.69) is 72.7 Å². The number of methoxy groups -OCH3 is 1. The Kier molecular flexibility index (Phi) is 7.90. The molecule has 4 nitrogen and oxygen atoms in total. The first-order valence-corrected chi connectivity index (χ1v) is 14.2. The third kappa shape index (κ3) is 5.24. The standard InChI is InChI=1S/C34H42N2O2/c1-5-18-35-19-17-34(29-11-8-12-32(21-29)38-4)22-31(16-15-30(34)24-35)36(23-25(2)3)33(37)28-14-13-26-9-6-7-10-27(26)20-28/h5-14,20-21,25,30-31H,1,15-19,22-24H2,2-4H3. The second-order valence-corrected chi connectivity index (χ2v) is 11.7. The fourth-order valence-electron chi connectivity index (χ4n) is 7.02. The highest BCUT2D eigenvalue weighted by Crippen LogP contribution is 2.50. The summed E-state index contributed by atoms with van der Waals surface area (Å²) >= 11 is 0. The van der Waals surface area contributed by atoms with E-state index in [1.54, 1.807) is 7.11 Å². The molecule has 1 amide bonds. The summed E-state index contributed by atoms with van der Waals surface area (Å²) in [5.74, 6) is 2.03. The first-order chi connectivity index (χ1) is 18.4. The SMILES string of the molecule is C=CCN1CCC2(c3cccc(OC)c3)CC(N(CC(C)C)C(=O)c3ccc4ccccc4c3)CCC2C1. The molecule has 1 saturated carbocycles. The molecule has 5 rings (SSSR count). The molecule has 3 unspecified atom stereocenters. The van der Waals surface area contributed by atoms with E-state index in [1.807, 2.05) is 30.3 Å². The van der Waals surface area contributed by atoms with Gasteiger partial charge in [-0.1, -0.05) is 62.4 Å². The molecule has 1 aliphatic heterocycles. The highest BCUT2D eigenvalue weighted by Gasteiger charge is 2.49. The van der Waals surface area contributed by atoms with Crippen LogP contribution in [0.3, 0.4) is 0 Å². The van der Waals surface area contributed by atoms with Gasteiger partial charge in [0.15, 0.2) is 0 Å². The quantitative estimate of drug-likeness (QED) is 0.308. The zero-order valence-corrected chi connectivity index (χ0v) is 23.2.